The molecule has 3 heteroatoms. The molecule has 1 rings (SSSR count). The first kappa shape index (κ1) is 13.8. The van der Waals surface area contributed by atoms with Gasteiger partial charge in [0.2, 0.25) is 0 Å². The van der Waals surface area contributed by atoms with Crippen LogP contribution >= 0.6 is 11.8 Å². The van der Waals surface area contributed by atoms with E-state index >= 15 is 0 Å². The molecule has 0 aliphatic rings. The van der Waals surface area contributed by atoms with Gasteiger partial charge in [0, 0.05) is 12.7 Å². The lowest BCUT2D eigenvalue weighted by Crippen LogP contribution is -1.90. The van der Waals surface area contributed by atoms with Crippen molar-refractivity contribution in [2.45, 2.75) is 20.3 Å². The molecular weight excluding hydrogens is 232 g/mol. The van der Waals surface area contributed by atoms with E-state index in [0.717, 1.165) is 23.5 Å². The van der Waals surface area contributed by atoms with Crippen molar-refractivity contribution < 1.29 is 9.53 Å². The van der Waals surface area contributed by atoms with Crippen LogP contribution in [0.2, 0.25) is 0 Å². The van der Waals surface area contributed by atoms with Gasteiger partial charge in [-0.05, 0) is 31.0 Å². The fraction of sp³-hybridized carbons (Fsp3) is 0.357. The molecule has 0 aliphatic carbocycles. The number of thioether (sulfide) groups is 1. The summed E-state index contributed by atoms with van der Waals surface area (Å²) in [7, 11) is 0. The molecule has 0 unspecified atom stereocenters. The van der Waals surface area contributed by atoms with Gasteiger partial charge in [-0.15, -0.1) is 0 Å². The van der Waals surface area contributed by atoms with Gasteiger partial charge in [0.15, 0.2) is 5.12 Å². The van der Waals surface area contributed by atoms with Crippen LogP contribution in [0.3, 0.4) is 0 Å². The second kappa shape index (κ2) is 7.96. The van der Waals surface area contributed by atoms with E-state index in [-0.39, 0.29) is 5.12 Å². The van der Waals surface area contributed by atoms with Gasteiger partial charge in [0.05, 0.1) is 6.61 Å². The van der Waals surface area contributed by atoms with Gasteiger partial charge in [0.1, 0.15) is 5.75 Å². The second-order valence-corrected chi connectivity index (χ2v) is 4.81. The highest BCUT2D eigenvalue weighted by molar-refractivity contribution is 8.13. The van der Waals surface area contributed by atoms with E-state index in [0.29, 0.717) is 6.61 Å². The van der Waals surface area contributed by atoms with E-state index in [4.69, 9.17) is 4.74 Å². The Morgan fingerprint density at radius 1 is 1.47 bits per heavy atom. The van der Waals surface area contributed by atoms with E-state index in [2.05, 4.69) is 12.2 Å². The first-order valence-corrected chi connectivity index (χ1v) is 6.73. The molecule has 2 nitrogen and oxygen atoms in total. The number of hydrogen-bond donors (Lipinski definition) is 0. The molecule has 92 valence electrons. The van der Waals surface area contributed by atoms with Crippen LogP contribution in [-0.4, -0.2) is 17.5 Å². The van der Waals surface area contributed by atoms with E-state index in [1.165, 1.54) is 11.8 Å². The van der Waals surface area contributed by atoms with E-state index in [9.17, 15) is 4.79 Å². The maximum absolute atomic E-state index is 10.7. The predicted molar refractivity (Wildman–Crippen MR) is 74.4 cm³/mol. The summed E-state index contributed by atoms with van der Waals surface area (Å²) in [4.78, 5) is 10.7. The van der Waals surface area contributed by atoms with Crippen LogP contribution in [0.5, 0.6) is 5.75 Å². The number of allylic oxidation sites excluding steroid dienone is 1. The first-order chi connectivity index (χ1) is 8.22. The molecule has 0 bridgehead atoms. The van der Waals surface area contributed by atoms with Gasteiger partial charge in [-0.1, -0.05) is 36.0 Å². The van der Waals surface area contributed by atoms with Gasteiger partial charge < -0.3 is 4.74 Å². The Bertz CT molecular complexity index is 386. The lowest BCUT2D eigenvalue weighted by atomic mass is 10.2. The first-order valence-electron chi connectivity index (χ1n) is 5.75. The summed E-state index contributed by atoms with van der Waals surface area (Å²) >= 11 is 1.36. The minimum absolute atomic E-state index is 0.178. The minimum Gasteiger partial charge on any atom is -0.494 e. The highest BCUT2D eigenvalue weighted by Crippen LogP contribution is 2.15. The zero-order valence-electron chi connectivity index (χ0n) is 10.3. The molecule has 17 heavy (non-hydrogen) atoms. The van der Waals surface area contributed by atoms with Gasteiger partial charge in [-0.25, -0.2) is 0 Å². The Morgan fingerprint density at radius 3 is 3.00 bits per heavy atom. The largest absolute Gasteiger partial charge is 0.494 e. The van der Waals surface area contributed by atoms with E-state index < -0.39 is 0 Å². The van der Waals surface area contributed by atoms with Crippen molar-refractivity contribution in [2.75, 3.05) is 12.4 Å². The van der Waals surface area contributed by atoms with Crippen LogP contribution in [-0.2, 0) is 4.79 Å². The Balaban J connectivity index is 2.42. The van der Waals surface area contributed by atoms with Gasteiger partial charge in [-0.3, -0.25) is 4.79 Å². The maximum Gasteiger partial charge on any atom is 0.185 e. The SMILES string of the molecule is CCOc1cccc(C=CCCSC(C)=O)c1. The molecule has 0 saturated heterocycles. The molecular formula is C14H18O2S. The molecule has 0 heterocycles. The van der Waals surface area contributed by atoms with Crippen molar-refractivity contribution in [1.29, 1.82) is 0 Å². The van der Waals surface area contributed by atoms with Gasteiger partial charge in [0.25, 0.3) is 0 Å². The molecule has 0 aliphatic heterocycles. The summed E-state index contributed by atoms with van der Waals surface area (Å²) in [6, 6.07) is 7.98. The lowest BCUT2D eigenvalue weighted by molar-refractivity contribution is -0.109. The van der Waals surface area contributed by atoms with Crippen LogP contribution in [0, 0.1) is 0 Å². The monoisotopic (exact) mass is 250 g/mol. The van der Waals surface area contributed by atoms with Crippen molar-refractivity contribution >= 4 is 23.0 Å². The van der Waals surface area contributed by atoms with Crippen molar-refractivity contribution in [3.05, 3.63) is 35.9 Å². The third-order valence-corrected chi connectivity index (χ3v) is 2.92. The number of carbonyl (C=O) groups excluding carboxylic acids is 1. The van der Waals surface area contributed by atoms with E-state index in [1.807, 2.05) is 31.2 Å². The molecule has 0 amide bonds. The molecule has 0 atom stereocenters. The van der Waals surface area contributed by atoms with Crippen LogP contribution in [0.1, 0.15) is 25.8 Å². The van der Waals surface area contributed by atoms with Crippen molar-refractivity contribution in [2.24, 2.45) is 0 Å². The van der Waals surface area contributed by atoms with Crippen molar-refractivity contribution in [1.82, 2.24) is 0 Å². The third kappa shape index (κ3) is 6.17. The Hall–Kier alpha value is -1.22. The van der Waals surface area contributed by atoms with Crippen molar-refractivity contribution in [3.8, 4) is 5.75 Å². The fourth-order valence-corrected chi connectivity index (χ4v) is 1.91. The van der Waals surface area contributed by atoms with Gasteiger partial charge in [-0.2, -0.15) is 0 Å². The molecule has 1 aromatic rings. The van der Waals surface area contributed by atoms with Crippen LogP contribution in [0.4, 0.5) is 0 Å². The van der Waals surface area contributed by atoms with Gasteiger partial charge >= 0.3 is 0 Å². The predicted octanol–water partition coefficient (Wildman–Crippen LogP) is 3.77. The van der Waals surface area contributed by atoms with Crippen LogP contribution < -0.4 is 4.74 Å². The molecule has 0 radical (unpaired) electrons. The molecule has 0 N–H and O–H groups in total. The summed E-state index contributed by atoms with van der Waals surface area (Å²) in [6.45, 7) is 4.25. The smallest absolute Gasteiger partial charge is 0.185 e. The number of benzene rings is 1. The summed E-state index contributed by atoms with van der Waals surface area (Å²) < 4.78 is 5.42. The van der Waals surface area contributed by atoms with E-state index in [1.54, 1.807) is 6.92 Å². The second-order valence-electron chi connectivity index (χ2n) is 3.54. The zero-order valence-corrected chi connectivity index (χ0v) is 11.1. The summed E-state index contributed by atoms with van der Waals surface area (Å²) in [5, 5.41) is 0.178. The third-order valence-electron chi connectivity index (χ3n) is 2.07. The Labute approximate surface area is 107 Å². The normalized spacial score (nSPS) is 10.7. The Morgan fingerprint density at radius 2 is 2.29 bits per heavy atom. The molecule has 0 aromatic heterocycles. The summed E-state index contributed by atoms with van der Waals surface area (Å²) in [5.41, 5.74) is 1.13. The lowest BCUT2D eigenvalue weighted by Gasteiger charge is -2.02. The number of carbonyl (C=O) groups is 1. The standard InChI is InChI=1S/C14H18O2S/c1-3-16-14-9-6-8-13(11-14)7-4-5-10-17-12(2)15/h4,6-9,11H,3,5,10H2,1-2H3. The maximum atomic E-state index is 10.7. The number of rotatable bonds is 6. The molecule has 1 aromatic carbocycles. The minimum atomic E-state index is 0.178. The average molecular weight is 250 g/mol. The topological polar surface area (TPSA) is 26.3 Å². The summed E-state index contributed by atoms with van der Waals surface area (Å²) in [6.07, 6.45) is 5.05. The average Bonchev–Trinajstić information content (AvgIpc) is 2.29. The number of hydrogen-bond acceptors (Lipinski definition) is 3. The zero-order chi connectivity index (χ0) is 12.5. The molecule has 0 saturated carbocycles. The Kier molecular flexibility index (Phi) is 6.48. The van der Waals surface area contributed by atoms with Crippen LogP contribution in [0.25, 0.3) is 6.08 Å². The number of ether oxygens (including phenoxy) is 1. The molecule has 0 spiro atoms. The fourth-order valence-electron chi connectivity index (χ4n) is 1.36. The quantitative estimate of drug-likeness (QED) is 0.719. The van der Waals surface area contributed by atoms with Crippen LogP contribution in [0.15, 0.2) is 30.3 Å². The molecule has 0 fully saturated rings. The highest BCUT2D eigenvalue weighted by Gasteiger charge is 1.93. The summed E-state index contributed by atoms with van der Waals surface area (Å²) in [5.74, 6) is 1.74. The highest BCUT2D eigenvalue weighted by atomic mass is 32.2. The van der Waals surface area contributed by atoms with Crippen molar-refractivity contribution in [3.63, 3.8) is 0 Å².